The van der Waals surface area contributed by atoms with Crippen LogP contribution in [0.15, 0.2) is 47.1 Å². The fourth-order valence-corrected chi connectivity index (χ4v) is 4.29. The predicted octanol–water partition coefficient (Wildman–Crippen LogP) is 3.69. The molecule has 3 heterocycles. The van der Waals surface area contributed by atoms with Gasteiger partial charge in [-0.05, 0) is 17.5 Å². The van der Waals surface area contributed by atoms with Gasteiger partial charge in [-0.1, -0.05) is 11.8 Å². The maximum absolute atomic E-state index is 12.4. The number of ether oxygens (including phenoxy) is 2. The van der Waals surface area contributed by atoms with Gasteiger partial charge in [-0.25, -0.2) is 0 Å². The Morgan fingerprint density at radius 2 is 1.96 bits per heavy atom. The van der Waals surface area contributed by atoms with Gasteiger partial charge < -0.3 is 14.8 Å². The minimum atomic E-state index is -0.146. The normalized spacial score (nSPS) is 11.0. The van der Waals surface area contributed by atoms with Crippen LogP contribution in [-0.2, 0) is 4.79 Å². The first-order valence-corrected chi connectivity index (χ1v) is 9.90. The summed E-state index contributed by atoms with van der Waals surface area (Å²) in [6.45, 7) is 0. The van der Waals surface area contributed by atoms with Crippen LogP contribution in [-0.4, -0.2) is 40.5 Å². The van der Waals surface area contributed by atoms with E-state index in [1.165, 1.54) is 16.5 Å². The Balaban J connectivity index is 1.49. The highest BCUT2D eigenvalue weighted by atomic mass is 32.2. The Kier molecular flexibility index (Phi) is 4.87. The van der Waals surface area contributed by atoms with Crippen molar-refractivity contribution in [2.45, 2.75) is 5.03 Å². The summed E-state index contributed by atoms with van der Waals surface area (Å²) < 4.78 is 13.6. The molecule has 0 bridgehead atoms. The van der Waals surface area contributed by atoms with Crippen molar-refractivity contribution in [1.82, 2.24) is 14.6 Å². The first-order valence-electron chi connectivity index (χ1n) is 8.03. The number of amides is 1. The number of methoxy groups -OCH3 is 2. The van der Waals surface area contributed by atoms with Gasteiger partial charge in [-0.15, -0.1) is 21.5 Å². The molecule has 0 unspecified atom stereocenters. The Bertz CT molecular complexity index is 1100. The van der Waals surface area contributed by atoms with Crippen LogP contribution in [0.2, 0.25) is 0 Å². The van der Waals surface area contributed by atoms with Crippen molar-refractivity contribution < 1.29 is 14.3 Å². The lowest BCUT2D eigenvalue weighted by Gasteiger charge is -2.10. The monoisotopic (exact) mass is 400 g/mol. The molecule has 0 spiro atoms. The summed E-state index contributed by atoms with van der Waals surface area (Å²) in [5.41, 5.74) is 2.66. The van der Waals surface area contributed by atoms with Gasteiger partial charge in [0.1, 0.15) is 22.9 Å². The van der Waals surface area contributed by atoms with Crippen molar-refractivity contribution in [2.24, 2.45) is 0 Å². The Morgan fingerprint density at radius 1 is 1.19 bits per heavy atom. The second-order valence-corrected chi connectivity index (χ2v) is 7.56. The third-order valence-electron chi connectivity index (χ3n) is 3.97. The van der Waals surface area contributed by atoms with Gasteiger partial charge in [0, 0.05) is 23.9 Å². The number of hydrogen-bond acceptors (Lipinski definition) is 7. The highest BCUT2D eigenvalue weighted by Gasteiger charge is 2.12. The second-order valence-electron chi connectivity index (χ2n) is 5.64. The Morgan fingerprint density at radius 3 is 2.70 bits per heavy atom. The van der Waals surface area contributed by atoms with E-state index in [1.54, 1.807) is 50.1 Å². The van der Waals surface area contributed by atoms with Crippen LogP contribution in [0.4, 0.5) is 5.69 Å². The standard InChI is InChI=1S/C18H16N4O3S2/c1-24-12-5-11(6-13(7-12)25-2)20-17(23)9-27-18-15-8-16-14(3-4-26-16)22(15)10-19-21-18/h3-8,10H,9H2,1-2H3,(H,20,23). The van der Waals surface area contributed by atoms with Crippen molar-refractivity contribution in [2.75, 3.05) is 25.3 Å². The number of hydrogen-bond donors (Lipinski definition) is 1. The molecule has 0 atom stereocenters. The summed E-state index contributed by atoms with van der Waals surface area (Å²) in [5.74, 6) is 1.29. The van der Waals surface area contributed by atoms with Crippen molar-refractivity contribution in [3.8, 4) is 11.5 Å². The number of carbonyl (C=O) groups excluding carboxylic acids is 1. The molecule has 0 aliphatic rings. The molecule has 4 aromatic rings. The van der Waals surface area contributed by atoms with E-state index in [9.17, 15) is 4.79 Å². The van der Waals surface area contributed by atoms with Gasteiger partial charge in [-0.3, -0.25) is 9.20 Å². The van der Waals surface area contributed by atoms with Gasteiger partial charge in [0.2, 0.25) is 5.91 Å². The van der Waals surface area contributed by atoms with E-state index >= 15 is 0 Å². The number of rotatable bonds is 6. The van der Waals surface area contributed by atoms with E-state index in [2.05, 4.69) is 21.6 Å². The number of nitrogens with one attached hydrogen (secondary N) is 1. The molecular weight excluding hydrogens is 384 g/mol. The van der Waals surface area contributed by atoms with Crippen molar-refractivity contribution in [3.63, 3.8) is 0 Å². The number of thiophene rings is 1. The Labute approximate surface area is 163 Å². The predicted molar refractivity (Wildman–Crippen MR) is 107 cm³/mol. The number of nitrogens with zero attached hydrogens (tertiary/aromatic N) is 3. The van der Waals surface area contributed by atoms with Crippen LogP contribution in [0.3, 0.4) is 0 Å². The fourth-order valence-electron chi connectivity index (χ4n) is 2.73. The van der Waals surface area contributed by atoms with E-state index < -0.39 is 0 Å². The molecule has 0 saturated heterocycles. The molecule has 27 heavy (non-hydrogen) atoms. The molecule has 1 amide bonds. The second kappa shape index (κ2) is 7.45. The fraction of sp³-hybridized carbons (Fsp3) is 0.167. The van der Waals surface area contributed by atoms with Crippen molar-refractivity contribution in [3.05, 3.63) is 42.0 Å². The highest BCUT2D eigenvalue weighted by Crippen LogP contribution is 2.30. The van der Waals surface area contributed by atoms with Gasteiger partial charge in [0.25, 0.3) is 0 Å². The van der Waals surface area contributed by atoms with Crippen molar-refractivity contribution >= 4 is 50.4 Å². The quantitative estimate of drug-likeness (QED) is 0.498. The number of anilines is 1. The van der Waals surface area contributed by atoms with Crippen LogP contribution >= 0.6 is 23.1 Å². The minimum absolute atomic E-state index is 0.146. The SMILES string of the molecule is COc1cc(NC(=O)CSc2nncn3c2cc2sccc23)cc(OC)c1. The zero-order valence-corrected chi connectivity index (χ0v) is 16.3. The molecular formula is C18H16N4O3S2. The summed E-state index contributed by atoms with van der Waals surface area (Å²) >= 11 is 3.02. The van der Waals surface area contributed by atoms with E-state index in [-0.39, 0.29) is 11.7 Å². The van der Waals surface area contributed by atoms with Crippen LogP contribution < -0.4 is 14.8 Å². The molecule has 138 valence electrons. The maximum Gasteiger partial charge on any atom is 0.234 e. The molecule has 1 aromatic carbocycles. The van der Waals surface area contributed by atoms with E-state index in [1.807, 2.05) is 15.8 Å². The van der Waals surface area contributed by atoms with Gasteiger partial charge in [0.15, 0.2) is 0 Å². The molecule has 0 radical (unpaired) electrons. The lowest BCUT2D eigenvalue weighted by molar-refractivity contribution is -0.113. The zero-order chi connectivity index (χ0) is 18.8. The molecule has 4 rings (SSSR count). The van der Waals surface area contributed by atoms with E-state index in [4.69, 9.17) is 9.47 Å². The molecule has 0 aliphatic carbocycles. The average molecular weight is 400 g/mol. The molecule has 0 aliphatic heterocycles. The third kappa shape index (κ3) is 3.56. The topological polar surface area (TPSA) is 77.8 Å². The van der Waals surface area contributed by atoms with Gasteiger partial charge in [0.05, 0.1) is 35.7 Å². The number of benzene rings is 1. The summed E-state index contributed by atoms with van der Waals surface area (Å²) in [7, 11) is 3.13. The van der Waals surface area contributed by atoms with Crippen LogP contribution in [0.5, 0.6) is 11.5 Å². The largest absolute Gasteiger partial charge is 0.497 e. The summed E-state index contributed by atoms with van der Waals surface area (Å²) in [4.78, 5) is 12.4. The van der Waals surface area contributed by atoms with Gasteiger partial charge in [-0.2, -0.15) is 0 Å². The lowest BCUT2D eigenvalue weighted by atomic mass is 10.2. The summed E-state index contributed by atoms with van der Waals surface area (Å²) in [6.07, 6.45) is 1.69. The lowest BCUT2D eigenvalue weighted by Crippen LogP contribution is -2.14. The zero-order valence-electron chi connectivity index (χ0n) is 14.6. The molecule has 9 heteroatoms. The first-order chi connectivity index (χ1) is 13.2. The van der Waals surface area contributed by atoms with Crippen LogP contribution in [0.1, 0.15) is 0 Å². The highest BCUT2D eigenvalue weighted by molar-refractivity contribution is 8.00. The van der Waals surface area contributed by atoms with Crippen LogP contribution in [0.25, 0.3) is 15.7 Å². The molecule has 7 nitrogen and oxygen atoms in total. The summed E-state index contributed by atoms with van der Waals surface area (Å²) in [6, 6.07) is 9.35. The number of carbonyl (C=O) groups is 1. The smallest absolute Gasteiger partial charge is 0.234 e. The summed E-state index contributed by atoms with van der Waals surface area (Å²) in [5, 5.41) is 13.9. The number of aromatic nitrogens is 3. The maximum atomic E-state index is 12.4. The average Bonchev–Trinajstić information content (AvgIpc) is 3.27. The van der Waals surface area contributed by atoms with Gasteiger partial charge >= 0.3 is 0 Å². The van der Waals surface area contributed by atoms with Crippen LogP contribution in [0, 0.1) is 0 Å². The molecule has 3 aromatic heterocycles. The van der Waals surface area contributed by atoms with Crippen molar-refractivity contribution in [1.29, 1.82) is 0 Å². The van der Waals surface area contributed by atoms with E-state index in [0.29, 0.717) is 17.2 Å². The first kappa shape index (κ1) is 17.6. The Hall–Kier alpha value is -2.78. The molecule has 0 fully saturated rings. The van der Waals surface area contributed by atoms with E-state index in [0.717, 1.165) is 16.1 Å². The molecule has 0 saturated carbocycles. The minimum Gasteiger partial charge on any atom is -0.497 e. The number of thioether (sulfide) groups is 1. The molecule has 1 N–H and O–H groups in total. The third-order valence-corrected chi connectivity index (χ3v) is 5.79. The number of fused-ring (bicyclic) bond motifs is 3.